The molecule has 1 aliphatic rings. The lowest BCUT2D eigenvalue weighted by Crippen LogP contribution is -1.96. The Morgan fingerprint density at radius 2 is 2.29 bits per heavy atom. The summed E-state index contributed by atoms with van der Waals surface area (Å²) in [4.78, 5) is 0. The van der Waals surface area contributed by atoms with Gasteiger partial charge in [-0.3, -0.25) is 0 Å². The molecule has 0 radical (unpaired) electrons. The minimum absolute atomic E-state index is 0.832. The Balaban J connectivity index is 2.12. The van der Waals surface area contributed by atoms with E-state index in [0.29, 0.717) is 0 Å². The third-order valence-electron chi connectivity index (χ3n) is 0.723. The third kappa shape index (κ3) is 2.20. The van der Waals surface area contributed by atoms with Crippen LogP contribution in [0.4, 0.5) is 0 Å². The summed E-state index contributed by atoms with van der Waals surface area (Å²) in [5.74, 6) is 2.68. The molecule has 0 unspecified atom stereocenters. The standard InChI is InChI=1S/C4H8S3/c1-4-5-2-3-6-7-4/h4H,2-3H2,1H3/t4-/m1/s1. The molecule has 0 aromatic carbocycles. The summed E-state index contributed by atoms with van der Waals surface area (Å²) in [6.07, 6.45) is 0. The summed E-state index contributed by atoms with van der Waals surface area (Å²) >= 11 is 2.06. The van der Waals surface area contributed by atoms with Gasteiger partial charge in [-0.2, -0.15) is 0 Å². The molecule has 42 valence electrons. The van der Waals surface area contributed by atoms with Crippen LogP contribution < -0.4 is 0 Å². The Hall–Kier alpha value is 1.05. The highest BCUT2D eigenvalue weighted by Crippen LogP contribution is 2.38. The van der Waals surface area contributed by atoms with Crippen LogP contribution in [0.3, 0.4) is 0 Å². The molecule has 1 atom stereocenters. The van der Waals surface area contributed by atoms with Gasteiger partial charge in [0.25, 0.3) is 0 Å². The molecule has 0 spiro atoms. The van der Waals surface area contributed by atoms with Crippen LogP contribution in [0.25, 0.3) is 0 Å². The smallest absolute Gasteiger partial charge is 0.0578 e. The van der Waals surface area contributed by atoms with Crippen molar-refractivity contribution >= 4 is 33.3 Å². The zero-order valence-electron chi connectivity index (χ0n) is 4.22. The molecular formula is C4H8S3. The number of rotatable bonds is 0. The first-order valence-corrected chi connectivity index (χ1v) is 5.72. The molecule has 1 heterocycles. The van der Waals surface area contributed by atoms with Crippen molar-refractivity contribution in [2.45, 2.75) is 11.5 Å². The zero-order valence-corrected chi connectivity index (χ0v) is 6.67. The molecule has 7 heavy (non-hydrogen) atoms. The lowest BCUT2D eigenvalue weighted by molar-refractivity contribution is 1.40. The molecule has 3 heteroatoms. The van der Waals surface area contributed by atoms with Crippen LogP contribution in [0.1, 0.15) is 6.92 Å². The van der Waals surface area contributed by atoms with E-state index < -0.39 is 0 Å². The fraction of sp³-hybridized carbons (Fsp3) is 1.00. The number of hydrogen-bond acceptors (Lipinski definition) is 3. The van der Waals surface area contributed by atoms with Gasteiger partial charge in [0.15, 0.2) is 0 Å². The monoisotopic (exact) mass is 152 g/mol. The predicted molar refractivity (Wildman–Crippen MR) is 42.0 cm³/mol. The fourth-order valence-electron chi connectivity index (χ4n) is 0.420. The molecule has 1 fully saturated rings. The lowest BCUT2D eigenvalue weighted by Gasteiger charge is -2.14. The van der Waals surface area contributed by atoms with E-state index in [4.69, 9.17) is 0 Å². The molecule has 0 aromatic rings. The van der Waals surface area contributed by atoms with Gasteiger partial charge in [-0.05, 0) is 6.92 Å². The van der Waals surface area contributed by atoms with Crippen molar-refractivity contribution in [1.82, 2.24) is 0 Å². The van der Waals surface area contributed by atoms with Crippen LogP contribution in [0, 0.1) is 0 Å². The van der Waals surface area contributed by atoms with Crippen molar-refractivity contribution in [3.05, 3.63) is 0 Å². The van der Waals surface area contributed by atoms with E-state index in [1.807, 2.05) is 21.6 Å². The van der Waals surface area contributed by atoms with Crippen LogP contribution in [0.2, 0.25) is 0 Å². The van der Waals surface area contributed by atoms with Crippen molar-refractivity contribution in [2.24, 2.45) is 0 Å². The Kier molecular flexibility index (Phi) is 2.78. The zero-order chi connectivity index (χ0) is 5.11. The Morgan fingerprint density at radius 3 is 2.57 bits per heavy atom. The summed E-state index contributed by atoms with van der Waals surface area (Å²) in [5, 5.41) is 0. The van der Waals surface area contributed by atoms with Crippen molar-refractivity contribution < 1.29 is 0 Å². The Morgan fingerprint density at radius 1 is 1.43 bits per heavy atom. The van der Waals surface area contributed by atoms with Crippen LogP contribution in [0.15, 0.2) is 0 Å². The van der Waals surface area contributed by atoms with E-state index in [0.717, 1.165) is 4.58 Å². The van der Waals surface area contributed by atoms with Gasteiger partial charge >= 0.3 is 0 Å². The van der Waals surface area contributed by atoms with Gasteiger partial charge in [-0.1, -0.05) is 21.6 Å². The molecule has 0 saturated carbocycles. The maximum Gasteiger partial charge on any atom is 0.0578 e. The van der Waals surface area contributed by atoms with Gasteiger partial charge in [-0.15, -0.1) is 11.8 Å². The van der Waals surface area contributed by atoms with Crippen LogP contribution in [-0.2, 0) is 0 Å². The summed E-state index contributed by atoms with van der Waals surface area (Å²) in [7, 11) is 4.00. The summed E-state index contributed by atoms with van der Waals surface area (Å²) in [6, 6.07) is 0. The van der Waals surface area contributed by atoms with E-state index in [1.54, 1.807) is 0 Å². The van der Waals surface area contributed by atoms with E-state index in [1.165, 1.54) is 11.5 Å². The van der Waals surface area contributed by atoms with Crippen molar-refractivity contribution in [1.29, 1.82) is 0 Å². The van der Waals surface area contributed by atoms with Crippen molar-refractivity contribution in [3.8, 4) is 0 Å². The minimum Gasteiger partial charge on any atom is -0.146 e. The third-order valence-corrected chi connectivity index (χ3v) is 5.50. The van der Waals surface area contributed by atoms with E-state index >= 15 is 0 Å². The largest absolute Gasteiger partial charge is 0.146 e. The molecule has 0 N–H and O–H groups in total. The molecule has 0 bridgehead atoms. The molecule has 0 aromatic heterocycles. The van der Waals surface area contributed by atoms with Crippen LogP contribution >= 0.6 is 33.3 Å². The summed E-state index contributed by atoms with van der Waals surface area (Å²) < 4.78 is 0.832. The molecule has 0 aliphatic carbocycles. The van der Waals surface area contributed by atoms with Gasteiger partial charge in [-0.25, -0.2) is 0 Å². The Labute approximate surface area is 56.6 Å². The molecule has 0 nitrogen and oxygen atoms in total. The van der Waals surface area contributed by atoms with Gasteiger partial charge in [0, 0.05) is 11.5 Å². The second-order valence-corrected chi connectivity index (χ2v) is 5.93. The first-order valence-electron chi connectivity index (χ1n) is 2.29. The number of thioether (sulfide) groups is 1. The van der Waals surface area contributed by atoms with E-state index in [2.05, 4.69) is 18.7 Å². The topological polar surface area (TPSA) is 0 Å². The SMILES string of the molecule is C[C@@H]1SCCSS1. The average Bonchev–Trinajstić information content (AvgIpc) is 1.69. The second kappa shape index (κ2) is 3.15. The first-order chi connectivity index (χ1) is 3.39. The van der Waals surface area contributed by atoms with E-state index in [-0.39, 0.29) is 0 Å². The van der Waals surface area contributed by atoms with Gasteiger partial charge in [0.2, 0.25) is 0 Å². The van der Waals surface area contributed by atoms with Crippen molar-refractivity contribution in [2.75, 3.05) is 11.5 Å². The number of hydrogen-bond donors (Lipinski definition) is 0. The lowest BCUT2D eigenvalue weighted by atomic mass is 10.9. The van der Waals surface area contributed by atoms with Gasteiger partial charge < -0.3 is 0 Å². The van der Waals surface area contributed by atoms with Gasteiger partial charge in [0.05, 0.1) is 4.58 Å². The summed E-state index contributed by atoms with van der Waals surface area (Å²) in [5.41, 5.74) is 0. The van der Waals surface area contributed by atoms with Crippen LogP contribution in [0.5, 0.6) is 0 Å². The Bertz CT molecular complexity index is 48.9. The molecular weight excluding hydrogens is 144 g/mol. The average molecular weight is 152 g/mol. The predicted octanol–water partition coefficient (Wildman–Crippen LogP) is 2.46. The molecule has 1 rings (SSSR count). The van der Waals surface area contributed by atoms with E-state index in [9.17, 15) is 0 Å². The van der Waals surface area contributed by atoms with Crippen LogP contribution in [-0.4, -0.2) is 16.1 Å². The quantitative estimate of drug-likeness (QED) is 0.489. The normalized spacial score (nSPS) is 33.0. The molecule has 1 aliphatic heterocycles. The highest BCUT2D eigenvalue weighted by atomic mass is 33.1. The highest BCUT2D eigenvalue weighted by Gasteiger charge is 2.07. The first kappa shape index (κ1) is 6.17. The minimum atomic E-state index is 0.832. The molecule has 0 amide bonds. The second-order valence-electron chi connectivity index (χ2n) is 1.36. The highest BCUT2D eigenvalue weighted by molar-refractivity contribution is 8.79. The fourth-order valence-corrected chi connectivity index (χ4v) is 4.68. The molecule has 1 saturated heterocycles. The van der Waals surface area contributed by atoms with Gasteiger partial charge in [0.1, 0.15) is 0 Å². The maximum absolute atomic E-state index is 2.27. The van der Waals surface area contributed by atoms with Crippen molar-refractivity contribution in [3.63, 3.8) is 0 Å². The summed E-state index contributed by atoms with van der Waals surface area (Å²) in [6.45, 7) is 2.27. The maximum atomic E-state index is 2.27.